The second-order valence-electron chi connectivity index (χ2n) is 2.31. The lowest BCUT2D eigenvalue weighted by Gasteiger charge is -2.03. The molecule has 0 saturated heterocycles. The van der Waals surface area contributed by atoms with Crippen molar-refractivity contribution in [2.45, 2.75) is 6.61 Å². The Kier molecular flexibility index (Phi) is 3.59. The van der Waals surface area contributed by atoms with Gasteiger partial charge in [0.15, 0.2) is 0 Å². The SMILES string of the molecule is O=P(O)(O)OOCc1ccccc1. The molecule has 0 unspecified atom stereocenters. The highest BCUT2D eigenvalue weighted by Crippen LogP contribution is 2.36. The topological polar surface area (TPSA) is 76.0 Å². The maximum absolute atomic E-state index is 10.2. The summed E-state index contributed by atoms with van der Waals surface area (Å²) in [6.45, 7) is 0.00590. The summed E-state index contributed by atoms with van der Waals surface area (Å²) in [4.78, 5) is 20.8. The Morgan fingerprint density at radius 2 is 1.85 bits per heavy atom. The number of rotatable bonds is 4. The molecular weight excluding hydrogens is 195 g/mol. The van der Waals surface area contributed by atoms with E-state index in [2.05, 4.69) is 9.56 Å². The van der Waals surface area contributed by atoms with E-state index in [4.69, 9.17) is 9.79 Å². The normalized spacial score (nSPS) is 11.5. The Labute approximate surface area is 75.1 Å². The van der Waals surface area contributed by atoms with Crippen LogP contribution >= 0.6 is 7.82 Å². The largest absolute Gasteiger partial charge is 0.496 e. The van der Waals surface area contributed by atoms with E-state index < -0.39 is 7.82 Å². The van der Waals surface area contributed by atoms with Gasteiger partial charge in [0.05, 0.1) is 0 Å². The van der Waals surface area contributed by atoms with Crippen LogP contribution in [0.1, 0.15) is 5.56 Å². The molecule has 13 heavy (non-hydrogen) atoms. The van der Waals surface area contributed by atoms with Gasteiger partial charge in [-0.25, -0.2) is 9.45 Å². The molecule has 0 atom stereocenters. The molecular formula is C7H9O5P. The van der Waals surface area contributed by atoms with Gasteiger partial charge < -0.3 is 9.79 Å². The Morgan fingerprint density at radius 3 is 2.38 bits per heavy atom. The minimum atomic E-state index is -4.52. The first-order valence-electron chi connectivity index (χ1n) is 3.48. The lowest BCUT2D eigenvalue weighted by atomic mass is 10.2. The van der Waals surface area contributed by atoms with Crippen molar-refractivity contribution in [3.8, 4) is 0 Å². The number of benzene rings is 1. The van der Waals surface area contributed by atoms with Crippen LogP contribution in [0, 0.1) is 0 Å². The van der Waals surface area contributed by atoms with E-state index in [0.717, 1.165) is 5.56 Å². The third-order valence-corrected chi connectivity index (χ3v) is 1.52. The zero-order valence-electron chi connectivity index (χ0n) is 6.66. The summed E-state index contributed by atoms with van der Waals surface area (Å²) < 4.78 is 14.0. The summed E-state index contributed by atoms with van der Waals surface area (Å²) in [6, 6.07) is 8.91. The van der Waals surface area contributed by atoms with E-state index >= 15 is 0 Å². The van der Waals surface area contributed by atoms with Gasteiger partial charge in [-0.05, 0) is 5.56 Å². The van der Waals surface area contributed by atoms with Crippen LogP contribution in [0.4, 0.5) is 0 Å². The van der Waals surface area contributed by atoms with Crippen LogP contribution < -0.4 is 0 Å². The van der Waals surface area contributed by atoms with Crippen molar-refractivity contribution < 1.29 is 23.9 Å². The molecule has 0 fully saturated rings. The molecule has 1 aromatic rings. The monoisotopic (exact) mass is 204 g/mol. The Morgan fingerprint density at radius 1 is 1.23 bits per heavy atom. The maximum atomic E-state index is 10.2. The van der Waals surface area contributed by atoms with Gasteiger partial charge in [0.2, 0.25) is 0 Å². The minimum absolute atomic E-state index is 0.00590. The lowest BCUT2D eigenvalue weighted by molar-refractivity contribution is -0.232. The molecule has 6 heteroatoms. The summed E-state index contributed by atoms with van der Waals surface area (Å²) in [5.74, 6) is 0. The highest BCUT2D eigenvalue weighted by Gasteiger charge is 2.14. The molecule has 2 N–H and O–H groups in total. The van der Waals surface area contributed by atoms with Crippen molar-refractivity contribution in [1.29, 1.82) is 0 Å². The molecule has 0 bridgehead atoms. The van der Waals surface area contributed by atoms with Crippen LogP contribution in [-0.4, -0.2) is 9.79 Å². The Balaban J connectivity index is 2.33. The van der Waals surface area contributed by atoms with Gasteiger partial charge in [0, 0.05) is 0 Å². The fourth-order valence-corrected chi connectivity index (χ4v) is 0.927. The zero-order chi connectivity index (χ0) is 9.73. The highest BCUT2D eigenvalue weighted by atomic mass is 31.2. The first kappa shape index (κ1) is 10.4. The molecule has 0 aromatic heterocycles. The van der Waals surface area contributed by atoms with Gasteiger partial charge in [0.25, 0.3) is 0 Å². The lowest BCUT2D eigenvalue weighted by Crippen LogP contribution is -1.93. The van der Waals surface area contributed by atoms with E-state index in [1.807, 2.05) is 6.07 Å². The average Bonchev–Trinajstić information content (AvgIpc) is 2.04. The molecule has 0 aliphatic heterocycles. The van der Waals surface area contributed by atoms with Crippen molar-refractivity contribution in [2.75, 3.05) is 0 Å². The molecule has 0 spiro atoms. The van der Waals surface area contributed by atoms with Gasteiger partial charge in [-0.3, -0.25) is 0 Å². The predicted octanol–water partition coefficient (Wildman–Crippen LogP) is 1.23. The molecule has 0 amide bonds. The smallest absolute Gasteiger partial charge is 0.301 e. The van der Waals surface area contributed by atoms with Crippen LogP contribution in [-0.2, 0) is 20.7 Å². The van der Waals surface area contributed by atoms with Crippen molar-refractivity contribution in [3.05, 3.63) is 35.9 Å². The van der Waals surface area contributed by atoms with E-state index in [9.17, 15) is 4.57 Å². The van der Waals surface area contributed by atoms with E-state index in [-0.39, 0.29) is 6.61 Å². The molecule has 0 saturated carbocycles. The summed E-state index contributed by atoms with van der Waals surface area (Å²) >= 11 is 0. The van der Waals surface area contributed by atoms with Crippen LogP contribution in [0.3, 0.4) is 0 Å². The van der Waals surface area contributed by atoms with Crippen LogP contribution in [0.2, 0.25) is 0 Å². The fraction of sp³-hybridized carbons (Fsp3) is 0.143. The third-order valence-electron chi connectivity index (χ3n) is 1.22. The van der Waals surface area contributed by atoms with Crippen LogP contribution in [0.15, 0.2) is 30.3 Å². The molecule has 0 radical (unpaired) electrons. The zero-order valence-corrected chi connectivity index (χ0v) is 7.55. The summed E-state index contributed by atoms with van der Waals surface area (Å²) in [5, 5.41) is 0. The Hall–Kier alpha value is -0.710. The molecule has 0 aliphatic rings. The summed E-state index contributed by atoms with van der Waals surface area (Å²) in [6.07, 6.45) is 0. The minimum Gasteiger partial charge on any atom is -0.301 e. The first-order valence-corrected chi connectivity index (χ1v) is 5.02. The second kappa shape index (κ2) is 4.50. The fourth-order valence-electron chi connectivity index (χ4n) is 0.737. The van der Waals surface area contributed by atoms with Crippen LogP contribution in [0.5, 0.6) is 0 Å². The molecule has 1 rings (SSSR count). The number of hydrogen-bond donors (Lipinski definition) is 2. The summed E-state index contributed by atoms with van der Waals surface area (Å²) in [7, 11) is -4.52. The standard InChI is InChI=1S/C7H9O5P/c8-13(9,10)12-11-6-7-4-2-1-3-5-7/h1-5H,6H2,(H2,8,9,10). The van der Waals surface area contributed by atoms with Crippen LogP contribution in [0.25, 0.3) is 0 Å². The van der Waals surface area contributed by atoms with E-state index in [0.29, 0.717) is 0 Å². The van der Waals surface area contributed by atoms with Crippen molar-refractivity contribution in [2.24, 2.45) is 0 Å². The maximum Gasteiger partial charge on any atom is 0.496 e. The molecule has 0 heterocycles. The first-order chi connectivity index (χ1) is 6.08. The van der Waals surface area contributed by atoms with Gasteiger partial charge in [0.1, 0.15) is 6.61 Å². The van der Waals surface area contributed by atoms with Crippen molar-refractivity contribution >= 4 is 7.82 Å². The van der Waals surface area contributed by atoms with Crippen molar-refractivity contribution in [3.63, 3.8) is 0 Å². The van der Waals surface area contributed by atoms with Gasteiger partial charge in [-0.2, -0.15) is 0 Å². The van der Waals surface area contributed by atoms with E-state index in [1.54, 1.807) is 24.3 Å². The molecule has 5 nitrogen and oxygen atoms in total. The highest BCUT2D eigenvalue weighted by molar-refractivity contribution is 7.46. The average molecular weight is 204 g/mol. The number of phosphoric acid groups is 1. The third kappa shape index (κ3) is 4.77. The molecule has 72 valence electrons. The van der Waals surface area contributed by atoms with Crippen molar-refractivity contribution in [1.82, 2.24) is 0 Å². The van der Waals surface area contributed by atoms with E-state index in [1.165, 1.54) is 0 Å². The predicted molar refractivity (Wildman–Crippen MR) is 44.4 cm³/mol. The Bertz CT molecular complexity index is 293. The second-order valence-corrected chi connectivity index (χ2v) is 3.44. The van der Waals surface area contributed by atoms with Gasteiger partial charge >= 0.3 is 7.82 Å². The van der Waals surface area contributed by atoms with Gasteiger partial charge in [-0.1, -0.05) is 30.3 Å². The quantitative estimate of drug-likeness (QED) is 0.438. The molecule has 1 aromatic carbocycles. The molecule has 0 aliphatic carbocycles. The summed E-state index contributed by atoms with van der Waals surface area (Å²) in [5.41, 5.74) is 0.774. The number of hydrogen-bond acceptors (Lipinski definition) is 3. The van der Waals surface area contributed by atoms with Gasteiger partial charge in [-0.15, -0.1) is 4.67 Å².